The van der Waals surface area contributed by atoms with E-state index in [4.69, 9.17) is 4.52 Å². The lowest BCUT2D eigenvalue weighted by Crippen LogP contribution is -2.28. The van der Waals surface area contributed by atoms with E-state index in [9.17, 15) is 4.79 Å². The average Bonchev–Trinajstić information content (AvgIpc) is 3.08. The minimum Gasteiger partial charge on any atom is -0.350 e. The molecule has 6 heteroatoms. The van der Waals surface area contributed by atoms with Crippen molar-refractivity contribution in [1.29, 1.82) is 0 Å². The predicted molar refractivity (Wildman–Crippen MR) is 91.7 cm³/mol. The molecule has 0 aliphatic carbocycles. The average molecular weight is 322 g/mol. The molecule has 6 nitrogen and oxygen atoms in total. The molecule has 0 radical (unpaired) electrons. The number of benzene rings is 2. The Labute approximate surface area is 139 Å². The van der Waals surface area contributed by atoms with Crippen LogP contribution in [-0.4, -0.2) is 29.1 Å². The number of aryl methyl sites for hydroxylation is 1. The normalized spacial score (nSPS) is 10.4. The van der Waals surface area contributed by atoms with Crippen molar-refractivity contribution in [2.24, 2.45) is 0 Å². The predicted octanol–water partition coefficient (Wildman–Crippen LogP) is 2.89. The third kappa shape index (κ3) is 3.98. The van der Waals surface area contributed by atoms with Crippen LogP contribution in [-0.2, 0) is 0 Å². The SMILES string of the molecule is Cc1cccc(C(=O)NCCNc2noc(-c3ccccc3)n2)c1. The molecule has 122 valence electrons. The Morgan fingerprint density at radius 3 is 2.71 bits per heavy atom. The van der Waals surface area contributed by atoms with Crippen molar-refractivity contribution < 1.29 is 9.32 Å². The van der Waals surface area contributed by atoms with Crippen LogP contribution in [0.15, 0.2) is 59.1 Å². The van der Waals surface area contributed by atoms with Crippen molar-refractivity contribution >= 4 is 11.9 Å². The number of aromatic nitrogens is 2. The van der Waals surface area contributed by atoms with E-state index < -0.39 is 0 Å². The van der Waals surface area contributed by atoms with Gasteiger partial charge in [-0.2, -0.15) is 4.98 Å². The zero-order valence-corrected chi connectivity index (χ0v) is 13.3. The van der Waals surface area contributed by atoms with E-state index in [0.29, 0.717) is 30.5 Å². The van der Waals surface area contributed by atoms with E-state index in [1.807, 2.05) is 55.5 Å². The molecule has 0 aliphatic rings. The summed E-state index contributed by atoms with van der Waals surface area (Å²) in [5.41, 5.74) is 2.58. The van der Waals surface area contributed by atoms with Crippen LogP contribution in [0.3, 0.4) is 0 Å². The van der Waals surface area contributed by atoms with Crippen molar-refractivity contribution in [1.82, 2.24) is 15.5 Å². The summed E-state index contributed by atoms with van der Waals surface area (Å²) in [5, 5.41) is 9.74. The fourth-order valence-corrected chi connectivity index (χ4v) is 2.23. The molecule has 0 spiro atoms. The molecule has 0 atom stereocenters. The van der Waals surface area contributed by atoms with Gasteiger partial charge in [-0.15, -0.1) is 0 Å². The molecule has 1 heterocycles. The molecular weight excluding hydrogens is 304 g/mol. The van der Waals surface area contributed by atoms with Gasteiger partial charge in [0.25, 0.3) is 17.7 Å². The summed E-state index contributed by atoms with van der Waals surface area (Å²) in [7, 11) is 0. The molecule has 0 saturated heterocycles. The van der Waals surface area contributed by atoms with Crippen LogP contribution in [0.1, 0.15) is 15.9 Å². The number of nitrogens with zero attached hydrogens (tertiary/aromatic N) is 2. The molecule has 24 heavy (non-hydrogen) atoms. The van der Waals surface area contributed by atoms with E-state index in [2.05, 4.69) is 20.8 Å². The van der Waals surface area contributed by atoms with E-state index in [0.717, 1.165) is 11.1 Å². The van der Waals surface area contributed by atoms with Crippen LogP contribution >= 0.6 is 0 Å². The molecule has 0 saturated carbocycles. The minimum absolute atomic E-state index is 0.0985. The Bertz CT molecular complexity index is 815. The first kappa shape index (κ1) is 15.7. The van der Waals surface area contributed by atoms with Crippen molar-refractivity contribution in [3.05, 3.63) is 65.7 Å². The fraction of sp³-hybridized carbons (Fsp3) is 0.167. The smallest absolute Gasteiger partial charge is 0.263 e. The summed E-state index contributed by atoms with van der Waals surface area (Å²) in [5.74, 6) is 0.763. The molecule has 1 amide bonds. The van der Waals surface area contributed by atoms with Crippen LogP contribution in [0.5, 0.6) is 0 Å². The van der Waals surface area contributed by atoms with Gasteiger partial charge in [0, 0.05) is 24.2 Å². The van der Waals surface area contributed by atoms with E-state index in [1.54, 1.807) is 6.07 Å². The van der Waals surface area contributed by atoms with Gasteiger partial charge in [-0.3, -0.25) is 4.79 Å². The quantitative estimate of drug-likeness (QED) is 0.682. The van der Waals surface area contributed by atoms with Crippen LogP contribution in [0.4, 0.5) is 5.95 Å². The summed E-state index contributed by atoms with van der Waals surface area (Å²) in [4.78, 5) is 16.3. The highest BCUT2D eigenvalue weighted by Gasteiger charge is 2.08. The van der Waals surface area contributed by atoms with Gasteiger partial charge in [-0.05, 0) is 36.3 Å². The van der Waals surface area contributed by atoms with Crippen molar-refractivity contribution in [2.75, 3.05) is 18.4 Å². The second kappa shape index (κ2) is 7.41. The molecule has 3 aromatic rings. The summed E-state index contributed by atoms with van der Waals surface area (Å²) in [6.45, 7) is 2.92. The first-order chi connectivity index (χ1) is 11.7. The second-order valence-corrected chi connectivity index (χ2v) is 5.34. The van der Waals surface area contributed by atoms with Crippen LogP contribution in [0, 0.1) is 6.92 Å². The van der Waals surface area contributed by atoms with E-state index in [1.165, 1.54) is 0 Å². The van der Waals surface area contributed by atoms with Crippen molar-refractivity contribution in [2.45, 2.75) is 6.92 Å². The van der Waals surface area contributed by atoms with E-state index in [-0.39, 0.29) is 5.91 Å². The Morgan fingerprint density at radius 2 is 1.92 bits per heavy atom. The van der Waals surface area contributed by atoms with Crippen LogP contribution in [0.25, 0.3) is 11.5 Å². The molecule has 3 rings (SSSR count). The Balaban J connectivity index is 1.47. The maximum absolute atomic E-state index is 12.0. The van der Waals surface area contributed by atoms with Crippen molar-refractivity contribution in [3.8, 4) is 11.5 Å². The van der Waals surface area contributed by atoms with Gasteiger partial charge in [0.2, 0.25) is 0 Å². The molecule has 0 unspecified atom stereocenters. The first-order valence-electron chi connectivity index (χ1n) is 7.70. The molecule has 0 fully saturated rings. The van der Waals surface area contributed by atoms with E-state index >= 15 is 0 Å². The molecule has 2 aromatic carbocycles. The number of carbonyl (C=O) groups excluding carboxylic acids is 1. The molecule has 0 aliphatic heterocycles. The number of hydrogen-bond acceptors (Lipinski definition) is 5. The minimum atomic E-state index is -0.0985. The first-order valence-corrected chi connectivity index (χ1v) is 7.70. The zero-order valence-electron chi connectivity index (χ0n) is 13.3. The topological polar surface area (TPSA) is 80.0 Å². The maximum atomic E-state index is 12.0. The lowest BCUT2D eigenvalue weighted by atomic mass is 10.1. The molecule has 0 bridgehead atoms. The Hall–Kier alpha value is -3.15. The van der Waals surface area contributed by atoms with Crippen LogP contribution in [0.2, 0.25) is 0 Å². The Kier molecular flexibility index (Phi) is 4.86. The van der Waals surface area contributed by atoms with Gasteiger partial charge < -0.3 is 15.2 Å². The number of carbonyl (C=O) groups is 1. The summed E-state index contributed by atoms with van der Waals surface area (Å²) in [6.07, 6.45) is 0. The summed E-state index contributed by atoms with van der Waals surface area (Å²) in [6, 6.07) is 17.0. The molecular formula is C18H18N4O2. The fourth-order valence-electron chi connectivity index (χ4n) is 2.23. The summed E-state index contributed by atoms with van der Waals surface area (Å²) >= 11 is 0. The van der Waals surface area contributed by atoms with Gasteiger partial charge in [0.05, 0.1) is 0 Å². The third-order valence-electron chi connectivity index (χ3n) is 3.42. The lowest BCUT2D eigenvalue weighted by molar-refractivity contribution is 0.0955. The highest BCUT2D eigenvalue weighted by molar-refractivity contribution is 5.94. The standard InChI is InChI=1S/C18H18N4O2/c1-13-6-5-9-15(12-13)16(23)19-10-11-20-18-21-17(24-22-18)14-7-3-2-4-8-14/h2-9,12H,10-11H2,1H3,(H,19,23)(H,20,22). The van der Waals surface area contributed by atoms with Gasteiger partial charge in [0.15, 0.2) is 0 Å². The monoisotopic (exact) mass is 322 g/mol. The zero-order chi connectivity index (χ0) is 16.8. The van der Waals surface area contributed by atoms with Crippen molar-refractivity contribution in [3.63, 3.8) is 0 Å². The van der Waals surface area contributed by atoms with Gasteiger partial charge >= 0.3 is 0 Å². The number of nitrogens with one attached hydrogen (secondary N) is 2. The number of hydrogen-bond donors (Lipinski definition) is 2. The highest BCUT2D eigenvalue weighted by Crippen LogP contribution is 2.17. The maximum Gasteiger partial charge on any atom is 0.263 e. The lowest BCUT2D eigenvalue weighted by Gasteiger charge is -2.05. The Morgan fingerprint density at radius 1 is 1.08 bits per heavy atom. The largest absolute Gasteiger partial charge is 0.350 e. The highest BCUT2D eigenvalue weighted by atomic mass is 16.5. The molecule has 2 N–H and O–H groups in total. The summed E-state index contributed by atoms with van der Waals surface area (Å²) < 4.78 is 5.20. The molecule has 1 aromatic heterocycles. The number of rotatable bonds is 6. The van der Waals surface area contributed by atoms with Gasteiger partial charge in [0.1, 0.15) is 0 Å². The van der Waals surface area contributed by atoms with Gasteiger partial charge in [-0.1, -0.05) is 35.9 Å². The van der Waals surface area contributed by atoms with Gasteiger partial charge in [-0.25, -0.2) is 0 Å². The number of anilines is 1. The number of amides is 1. The van der Waals surface area contributed by atoms with Crippen LogP contribution < -0.4 is 10.6 Å². The second-order valence-electron chi connectivity index (χ2n) is 5.34. The third-order valence-corrected chi connectivity index (χ3v) is 3.42.